The molecule has 43 heavy (non-hydrogen) atoms. The fourth-order valence-corrected chi connectivity index (χ4v) is 4.95. The number of furan rings is 1. The van der Waals surface area contributed by atoms with Crippen molar-refractivity contribution in [3.05, 3.63) is 69.9 Å². The Morgan fingerprint density at radius 3 is 2.63 bits per heavy atom. The Hall–Kier alpha value is -4.35. The normalized spacial score (nSPS) is 12.3. The molecule has 0 saturated heterocycles. The van der Waals surface area contributed by atoms with E-state index in [9.17, 15) is 4.79 Å². The van der Waals surface area contributed by atoms with Crippen molar-refractivity contribution in [2.45, 2.75) is 52.7 Å². The van der Waals surface area contributed by atoms with Crippen LogP contribution in [-0.2, 0) is 11.2 Å². The van der Waals surface area contributed by atoms with Crippen LogP contribution in [0, 0.1) is 13.8 Å². The maximum atomic E-state index is 12.7. The van der Waals surface area contributed by atoms with Crippen molar-refractivity contribution in [2.24, 2.45) is 0 Å². The van der Waals surface area contributed by atoms with Gasteiger partial charge in [-0.25, -0.2) is 19.7 Å². The third-order valence-electron chi connectivity index (χ3n) is 6.49. The first-order valence-corrected chi connectivity index (χ1v) is 14.2. The molecule has 0 saturated carbocycles. The largest absolute Gasteiger partial charge is 0.488 e. The number of nitrogens with one attached hydrogen (secondary N) is 2. The number of nitrogens with zero attached hydrogens (tertiary/aromatic N) is 4. The number of halogens is 2. The molecule has 0 bridgehead atoms. The lowest BCUT2D eigenvalue weighted by Gasteiger charge is -2.24. The fraction of sp³-hybridized carbons (Fsp3) is 0.300. The number of benzene rings is 1. The molecule has 4 aromatic heterocycles. The maximum Gasteiger partial charge on any atom is 0.408 e. The summed E-state index contributed by atoms with van der Waals surface area (Å²) in [5, 5.41) is 10.9. The molecule has 0 unspecified atom stereocenters. The lowest BCUT2D eigenvalue weighted by Crippen LogP contribution is -2.43. The highest BCUT2D eigenvalue weighted by Gasteiger charge is 2.23. The number of aryl methyl sites for hydroxylation is 2. The van der Waals surface area contributed by atoms with Gasteiger partial charge in [0.05, 0.1) is 35.6 Å². The van der Waals surface area contributed by atoms with E-state index < -0.39 is 17.7 Å². The molecule has 5 aromatic rings. The van der Waals surface area contributed by atoms with E-state index in [4.69, 9.17) is 52.8 Å². The third kappa shape index (κ3) is 7.00. The second kappa shape index (κ2) is 12.1. The van der Waals surface area contributed by atoms with Crippen molar-refractivity contribution < 1.29 is 18.7 Å². The minimum atomic E-state index is -0.687. The van der Waals surface area contributed by atoms with E-state index in [0.29, 0.717) is 56.1 Å². The van der Waals surface area contributed by atoms with Gasteiger partial charge in [-0.15, -0.1) is 0 Å². The number of alkyl carbamates (subject to hydrolysis) is 1. The van der Waals surface area contributed by atoms with Crippen molar-refractivity contribution in [3.63, 3.8) is 0 Å². The van der Waals surface area contributed by atoms with Crippen molar-refractivity contribution in [2.75, 3.05) is 12.3 Å². The van der Waals surface area contributed by atoms with Gasteiger partial charge in [-0.05, 0) is 70.9 Å². The number of hydrogen-bond acceptors (Lipinski definition) is 9. The molecular weight excluding hydrogens is 593 g/mol. The van der Waals surface area contributed by atoms with Crippen LogP contribution < -0.4 is 15.8 Å². The lowest BCUT2D eigenvalue weighted by molar-refractivity contribution is 0.0488. The Kier molecular flexibility index (Phi) is 8.48. The molecule has 0 aliphatic carbocycles. The predicted octanol–water partition coefficient (Wildman–Crippen LogP) is 6.70. The Balaban J connectivity index is 1.49. The van der Waals surface area contributed by atoms with E-state index in [0.717, 1.165) is 16.8 Å². The van der Waals surface area contributed by atoms with Gasteiger partial charge in [-0.3, -0.25) is 5.10 Å². The maximum absolute atomic E-state index is 12.7. The molecule has 0 aliphatic rings. The van der Waals surface area contributed by atoms with E-state index in [-0.39, 0.29) is 12.4 Å². The molecule has 5 rings (SSSR count). The molecule has 0 fully saturated rings. The highest BCUT2D eigenvalue weighted by Crippen LogP contribution is 2.37. The number of aromatic amines is 1. The molecule has 11 nitrogen and oxygen atoms in total. The van der Waals surface area contributed by atoms with Crippen LogP contribution in [0.2, 0.25) is 10.0 Å². The number of carbonyl (C=O) groups excluding carboxylic acids is 1. The summed E-state index contributed by atoms with van der Waals surface area (Å²) in [4.78, 5) is 26.7. The molecule has 1 amide bonds. The number of nitrogens with two attached hydrogens (primary N) is 1. The van der Waals surface area contributed by atoms with E-state index in [1.54, 1.807) is 57.5 Å². The number of carbonyl (C=O) groups is 1. The number of ether oxygens (including phenoxy) is 2. The van der Waals surface area contributed by atoms with Crippen LogP contribution in [0.15, 0.2) is 47.2 Å². The predicted molar refractivity (Wildman–Crippen MR) is 165 cm³/mol. The molecular formula is C30H31Cl2N7O4. The third-order valence-corrected chi connectivity index (χ3v) is 7.07. The zero-order valence-electron chi connectivity index (χ0n) is 24.3. The first-order valence-electron chi connectivity index (χ1n) is 13.5. The Morgan fingerprint density at radius 1 is 1.14 bits per heavy atom. The average molecular weight is 625 g/mol. The van der Waals surface area contributed by atoms with E-state index in [1.807, 2.05) is 19.9 Å². The van der Waals surface area contributed by atoms with E-state index >= 15 is 0 Å². The van der Waals surface area contributed by atoms with Crippen LogP contribution in [0.5, 0.6) is 5.75 Å². The molecule has 0 aliphatic heterocycles. The van der Waals surface area contributed by atoms with Gasteiger partial charge < -0.3 is 24.9 Å². The minimum absolute atomic E-state index is 0.0269. The number of anilines is 1. The number of hydrogen-bond donors (Lipinski definition) is 3. The summed E-state index contributed by atoms with van der Waals surface area (Å²) in [7, 11) is 0. The van der Waals surface area contributed by atoms with E-state index in [2.05, 4.69) is 20.5 Å². The zero-order valence-corrected chi connectivity index (χ0v) is 25.8. The van der Waals surface area contributed by atoms with Crippen LogP contribution in [0.1, 0.15) is 37.8 Å². The summed E-state index contributed by atoms with van der Waals surface area (Å²) in [6.45, 7) is 9.10. The minimum Gasteiger partial charge on any atom is -0.488 e. The van der Waals surface area contributed by atoms with Crippen LogP contribution in [0.3, 0.4) is 0 Å². The number of fused-ring (bicyclic) bond motifs is 1. The molecule has 0 radical (unpaired) electrons. The van der Waals surface area contributed by atoms with Gasteiger partial charge in [0, 0.05) is 21.2 Å². The number of nitrogen functional groups attached to an aromatic ring is 1. The standard InChI is InChI=1S/C30H31Cl2N7O4/c1-15-25-28(39-38-15)34-13-23(36-25)21-12-24(27(33)37-26(21)20-8-9-41-16(20)2)42-14-19(35-29(40)43-30(3,4)5)10-17-6-7-18(31)11-22(17)32/h6-9,11-13,19H,10,14H2,1-5H3,(H2,33,37)(H,35,40)(H,34,38,39)/t19-/m0/s1. The first kappa shape index (κ1) is 30.1. The summed E-state index contributed by atoms with van der Waals surface area (Å²) < 4.78 is 17.2. The average Bonchev–Trinajstić information content (AvgIpc) is 3.52. The summed E-state index contributed by atoms with van der Waals surface area (Å²) in [5.41, 5.74) is 10.9. The molecule has 1 atom stereocenters. The molecule has 1 aromatic carbocycles. The lowest BCUT2D eigenvalue weighted by atomic mass is 10.0. The van der Waals surface area contributed by atoms with Gasteiger partial charge in [0.1, 0.15) is 23.5 Å². The van der Waals surface area contributed by atoms with Crippen LogP contribution in [0.4, 0.5) is 10.6 Å². The van der Waals surface area contributed by atoms with Crippen molar-refractivity contribution in [1.82, 2.24) is 30.5 Å². The van der Waals surface area contributed by atoms with Gasteiger partial charge in [0.15, 0.2) is 17.2 Å². The number of rotatable bonds is 8. The topological polar surface area (TPSA) is 154 Å². The molecule has 224 valence electrons. The van der Waals surface area contributed by atoms with Crippen LogP contribution in [-0.4, -0.2) is 49.5 Å². The highest BCUT2D eigenvalue weighted by atomic mass is 35.5. The zero-order chi connectivity index (χ0) is 30.9. The number of amides is 1. The number of pyridine rings is 1. The second-order valence-electron chi connectivity index (χ2n) is 11.0. The quantitative estimate of drug-likeness (QED) is 0.171. The van der Waals surface area contributed by atoms with Crippen molar-refractivity contribution in [1.29, 1.82) is 0 Å². The first-order chi connectivity index (χ1) is 20.4. The van der Waals surface area contributed by atoms with Gasteiger partial charge >= 0.3 is 6.09 Å². The van der Waals surface area contributed by atoms with Gasteiger partial charge in [0.2, 0.25) is 0 Å². The molecule has 4 heterocycles. The molecule has 0 spiro atoms. The Labute approximate surface area is 258 Å². The van der Waals surface area contributed by atoms with Gasteiger partial charge in [0.25, 0.3) is 0 Å². The number of H-pyrrole nitrogens is 1. The summed E-state index contributed by atoms with van der Waals surface area (Å²) >= 11 is 12.5. The van der Waals surface area contributed by atoms with Gasteiger partial charge in [-0.1, -0.05) is 29.3 Å². The van der Waals surface area contributed by atoms with Crippen molar-refractivity contribution in [3.8, 4) is 28.3 Å². The van der Waals surface area contributed by atoms with Crippen LogP contribution >= 0.6 is 23.2 Å². The fourth-order valence-electron chi connectivity index (χ4n) is 4.46. The molecule has 4 N–H and O–H groups in total. The highest BCUT2D eigenvalue weighted by molar-refractivity contribution is 6.35. The summed E-state index contributed by atoms with van der Waals surface area (Å²) in [6, 6.07) is 8.21. The van der Waals surface area contributed by atoms with Crippen LogP contribution in [0.25, 0.3) is 33.7 Å². The monoisotopic (exact) mass is 623 g/mol. The summed E-state index contributed by atoms with van der Waals surface area (Å²) in [5.74, 6) is 1.11. The van der Waals surface area contributed by atoms with Crippen molar-refractivity contribution >= 4 is 46.3 Å². The SMILES string of the molecule is Cc1occc1-c1nc(N)c(OC[C@H](Cc2ccc(Cl)cc2Cl)NC(=O)OC(C)(C)C)cc1-c1cnc2n[nH]c(C)c2n1. The molecule has 13 heteroatoms. The summed E-state index contributed by atoms with van der Waals surface area (Å²) in [6.07, 6.45) is 2.95. The van der Waals surface area contributed by atoms with E-state index in [1.165, 1.54) is 0 Å². The van der Waals surface area contributed by atoms with Gasteiger partial charge in [-0.2, -0.15) is 5.10 Å². The smallest absolute Gasteiger partial charge is 0.408 e. The Morgan fingerprint density at radius 2 is 1.93 bits per heavy atom. The number of aromatic nitrogens is 5. The second-order valence-corrected chi connectivity index (χ2v) is 11.9. The Bertz CT molecular complexity index is 1800.